The predicted molar refractivity (Wildman–Crippen MR) is 169 cm³/mol. The largest absolute Gasteiger partial charge is 0.493 e. The van der Waals surface area contributed by atoms with E-state index in [0.717, 1.165) is 23.6 Å². The Labute approximate surface area is 269 Å². The molecule has 0 aliphatic carbocycles. The highest BCUT2D eigenvalue weighted by atomic mass is 19.1. The van der Waals surface area contributed by atoms with Crippen molar-refractivity contribution in [2.75, 3.05) is 20.3 Å². The number of aromatic nitrogens is 3. The molecule has 4 heterocycles. The van der Waals surface area contributed by atoms with Crippen molar-refractivity contribution in [1.82, 2.24) is 14.5 Å². The number of nitrogens with zero attached hydrogens (tertiary/aromatic N) is 4. The lowest BCUT2D eigenvalue weighted by Crippen LogP contribution is -2.31. The molecule has 2 aromatic heterocycles. The van der Waals surface area contributed by atoms with Crippen LogP contribution in [0.5, 0.6) is 11.6 Å². The van der Waals surface area contributed by atoms with Gasteiger partial charge in [-0.05, 0) is 55.2 Å². The van der Waals surface area contributed by atoms with Gasteiger partial charge in [-0.2, -0.15) is 0 Å². The molecule has 11 heteroatoms. The van der Waals surface area contributed by atoms with Crippen LogP contribution in [0.3, 0.4) is 0 Å². The number of hydrogen-bond donors (Lipinski definition) is 0. The number of esters is 1. The first-order valence-electron chi connectivity index (χ1n) is 15.3. The Kier molecular flexibility index (Phi) is 8.26. The average Bonchev–Trinajstić information content (AvgIpc) is 3.41. The quantitative estimate of drug-likeness (QED) is 0.152. The van der Waals surface area contributed by atoms with E-state index >= 15 is 8.78 Å². The van der Waals surface area contributed by atoms with Gasteiger partial charge in [-0.1, -0.05) is 29.8 Å². The first-order chi connectivity index (χ1) is 22.9. The van der Waals surface area contributed by atoms with Crippen molar-refractivity contribution in [3.05, 3.63) is 112 Å². The zero-order valence-corrected chi connectivity index (χ0v) is 25.6. The summed E-state index contributed by atoms with van der Waals surface area (Å²) in [5, 5.41) is 0. The highest BCUT2D eigenvalue weighted by molar-refractivity contribution is 5.94. The van der Waals surface area contributed by atoms with Gasteiger partial charge >= 0.3 is 5.97 Å². The molecule has 9 nitrogen and oxygen atoms in total. The summed E-state index contributed by atoms with van der Waals surface area (Å²) in [6.45, 7) is 9.02. The summed E-state index contributed by atoms with van der Waals surface area (Å²) < 4.78 is 55.9. The summed E-state index contributed by atoms with van der Waals surface area (Å²) >= 11 is 0. The van der Waals surface area contributed by atoms with Gasteiger partial charge in [0.05, 0.1) is 49.7 Å². The maximum Gasteiger partial charge on any atom is 0.338 e. The van der Waals surface area contributed by atoms with Gasteiger partial charge in [-0.25, -0.2) is 28.4 Å². The van der Waals surface area contributed by atoms with Crippen molar-refractivity contribution in [3.63, 3.8) is 0 Å². The molecular weight excluding hydrogens is 606 g/mol. The third kappa shape index (κ3) is 6.12. The molecule has 2 aliphatic rings. The zero-order chi connectivity index (χ0) is 32.5. The lowest BCUT2D eigenvalue weighted by atomic mass is 10.0. The first kappa shape index (κ1) is 30.3. The topological polar surface area (TPSA) is 89.1 Å². The first-order valence-corrected chi connectivity index (χ1v) is 15.3. The fourth-order valence-electron chi connectivity index (χ4n) is 5.97. The second-order valence-electron chi connectivity index (χ2n) is 11.5. The number of rotatable bonds is 5. The molecule has 0 N–H and O–H groups in total. The number of halogens is 2. The molecule has 238 valence electrons. The van der Waals surface area contributed by atoms with Crippen LogP contribution in [-0.4, -0.2) is 46.9 Å². The van der Waals surface area contributed by atoms with E-state index in [1.165, 1.54) is 13.2 Å². The van der Waals surface area contributed by atoms with E-state index in [1.807, 2.05) is 16.7 Å². The number of imidazole rings is 1. The highest BCUT2D eigenvalue weighted by Gasteiger charge is 2.25. The van der Waals surface area contributed by atoms with Gasteiger partial charge in [0.2, 0.25) is 5.88 Å². The molecule has 0 saturated carbocycles. The van der Waals surface area contributed by atoms with Gasteiger partial charge in [0.25, 0.3) is 0 Å². The van der Waals surface area contributed by atoms with Crippen LogP contribution in [0.4, 0.5) is 14.5 Å². The molecule has 3 aromatic carbocycles. The summed E-state index contributed by atoms with van der Waals surface area (Å²) in [6.07, 6.45) is 2.11. The minimum Gasteiger partial charge on any atom is -0.493 e. The van der Waals surface area contributed by atoms with Crippen LogP contribution in [0.2, 0.25) is 0 Å². The van der Waals surface area contributed by atoms with Gasteiger partial charge < -0.3 is 23.5 Å². The predicted octanol–water partition coefficient (Wildman–Crippen LogP) is 7.00. The molecular formula is C36H30F2N4O5. The number of carbonyl (C=O) groups is 1. The van der Waals surface area contributed by atoms with Gasteiger partial charge in [0.1, 0.15) is 29.5 Å². The molecule has 0 radical (unpaired) electrons. The van der Waals surface area contributed by atoms with E-state index < -0.39 is 17.6 Å². The van der Waals surface area contributed by atoms with Crippen molar-refractivity contribution in [3.8, 4) is 22.9 Å². The highest BCUT2D eigenvalue weighted by Crippen LogP contribution is 2.34. The Morgan fingerprint density at radius 3 is 2.70 bits per heavy atom. The van der Waals surface area contributed by atoms with E-state index in [0.29, 0.717) is 72.5 Å². The Hall–Kier alpha value is -5.34. The molecule has 5 aromatic rings. The van der Waals surface area contributed by atoms with E-state index in [1.54, 1.807) is 36.4 Å². The van der Waals surface area contributed by atoms with Gasteiger partial charge in [0.15, 0.2) is 11.5 Å². The molecule has 0 spiro atoms. The van der Waals surface area contributed by atoms with E-state index in [4.69, 9.17) is 25.5 Å². The van der Waals surface area contributed by atoms with Gasteiger partial charge in [-0.3, -0.25) is 0 Å². The average molecular weight is 637 g/mol. The fraction of sp³-hybridized carbons (Fsp3) is 0.278. The molecule has 7 rings (SSSR count). The number of aryl methyl sites for hydroxylation is 1. The van der Waals surface area contributed by atoms with Crippen molar-refractivity contribution in [2.24, 2.45) is 0 Å². The van der Waals surface area contributed by atoms with E-state index in [2.05, 4.69) is 14.8 Å². The Morgan fingerprint density at radius 2 is 1.91 bits per heavy atom. The third-order valence-corrected chi connectivity index (χ3v) is 8.53. The van der Waals surface area contributed by atoms with Crippen molar-refractivity contribution in [1.29, 1.82) is 0 Å². The molecule has 2 aliphatic heterocycles. The van der Waals surface area contributed by atoms with Crippen molar-refractivity contribution < 1.29 is 32.5 Å². The van der Waals surface area contributed by atoms with Gasteiger partial charge in [0, 0.05) is 30.2 Å². The molecule has 1 atom stereocenters. The van der Waals surface area contributed by atoms with Crippen LogP contribution in [0.15, 0.2) is 60.7 Å². The Bertz CT molecular complexity index is 2050. The van der Waals surface area contributed by atoms with Crippen LogP contribution in [0, 0.1) is 18.2 Å². The van der Waals surface area contributed by atoms with Crippen LogP contribution in [-0.2, 0) is 35.5 Å². The summed E-state index contributed by atoms with van der Waals surface area (Å²) in [5.74, 6) is -0.583. The number of pyridine rings is 1. The smallest absolute Gasteiger partial charge is 0.338 e. The Morgan fingerprint density at radius 1 is 1.04 bits per heavy atom. The Balaban J connectivity index is 1.29. The van der Waals surface area contributed by atoms with Gasteiger partial charge in [-0.15, -0.1) is 0 Å². The number of fused-ring (bicyclic) bond motifs is 7. The van der Waals surface area contributed by atoms with Crippen LogP contribution < -0.4 is 9.47 Å². The second-order valence-corrected chi connectivity index (χ2v) is 11.5. The lowest BCUT2D eigenvalue weighted by molar-refractivity contribution is -0.0589. The molecule has 1 saturated heterocycles. The third-order valence-electron chi connectivity index (χ3n) is 8.53. The van der Waals surface area contributed by atoms with Crippen molar-refractivity contribution in [2.45, 2.75) is 44.9 Å². The van der Waals surface area contributed by atoms with Crippen molar-refractivity contribution >= 4 is 22.7 Å². The maximum absolute atomic E-state index is 15.9. The van der Waals surface area contributed by atoms with Crippen LogP contribution in [0.1, 0.15) is 45.7 Å². The number of ether oxygens (including phenoxy) is 4. The number of methoxy groups -OCH3 is 1. The van der Waals surface area contributed by atoms with E-state index in [-0.39, 0.29) is 35.8 Å². The van der Waals surface area contributed by atoms with Crippen LogP contribution >= 0.6 is 0 Å². The fourth-order valence-corrected chi connectivity index (χ4v) is 5.97. The van der Waals surface area contributed by atoms with Crippen LogP contribution in [0.25, 0.3) is 27.1 Å². The number of benzene rings is 3. The monoisotopic (exact) mass is 636 g/mol. The normalized spacial score (nSPS) is 15.7. The zero-order valence-electron chi connectivity index (χ0n) is 25.6. The molecule has 0 amide bonds. The molecule has 0 unspecified atom stereocenters. The van der Waals surface area contributed by atoms with E-state index in [9.17, 15) is 4.79 Å². The molecule has 1 fully saturated rings. The summed E-state index contributed by atoms with van der Waals surface area (Å²) in [5.41, 5.74) is 4.18. The minimum atomic E-state index is -0.663. The standard InChI is InChI=1S/C36H30F2N4O5/c1-39-25-9-8-22-20-47-34-7-3-6-30(40-34)27-18-32(46-11-4-5-21(22)13-25)23(14-28(27)37)17-33-41-35-29(38)15-24(36(43)44-2)16-31(35)42(33)19-26-10-12-45-26/h3,6-9,13-16,18,26H,4-5,10-12,17,19-20H2,2H3/t26-/m0/s1. The summed E-state index contributed by atoms with van der Waals surface area (Å²) in [7, 11) is 1.24. The summed E-state index contributed by atoms with van der Waals surface area (Å²) in [4.78, 5) is 25.1. The minimum absolute atomic E-state index is 0.0658. The number of hydrogen-bond acceptors (Lipinski definition) is 7. The summed E-state index contributed by atoms with van der Waals surface area (Å²) in [6, 6.07) is 16.4. The maximum atomic E-state index is 15.9. The molecule has 4 bridgehead atoms. The second kappa shape index (κ2) is 12.8. The SMILES string of the molecule is [C-]#[N+]c1ccc2c(c1)CCCOc1cc(c(F)cc1Cc1nc3c(F)cc(C(=O)OC)cc3n1C[C@@H]1CCO1)-c1cccc(n1)OC2. The molecule has 47 heavy (non-hydrogen) atoms. The number of carbonyl (C=O) groups excluding carboxylic acids is 1. The lowest BCUT2D eigenvalue weighted by Gasteiger charge is -2.27.